The van der Waals surface area contributed by atoms with E-state index in [1.165, 1.54) is 18.3 Å². The Morgan fingerprint density at radius 2 is 1.77 bits per heavy atom. The van der Waals surface area contributed by atoms with E-state index in [0.717, 1.165) is 23.3 Å². The second-order valence-electron chi connectivity index (χ2n) is 4.58. The summed E-state index contributed by atoms with van der Waals surface area (Å²) in [5, 5.41) is 3.69. The van der Waals surface area contributed by atoms with Gasteiger partial charge in [-0.3, -0.25) is 0 Å². The third-order valence-corrected chi connectivity index (χ3v) is 2.94. The van der Waals surface area contributed by atoms with Gasteiger partial charge in [0, 0.05) is 0 Å². The molecule has 22 heavy (non-hydrogen) atoms. The third kappa shape index (κ3) is 4.48. The van der Waals surface area contributed by atoms with Crippen LogP contribution in [-0.4, -0.2) is 6.21 Å². The Hall–Kier alpha value is -2.56. The Balaban J connectivity index is 1.93. The molecule has 0 aliphatic carbocycles. The number of hydrogen-bond acceptors (Lipinski definition) is 2. The Morgan fingerprint density at radius 3 is 2.41 bits per heavy atom. The first kappa shape index (κ1) is 15.8. The molecule has 0 saturated heterocycles. The van der Waals surface area contributed by atoms with Crippen molar-refractivity contribution in [2.24, 2.45) is 5.16 Å². The van der Waals surface area contributed by atoms with Gasteiger partial charge < -0.3 is 4.84 Å². The van der Waals surface area contributed by atoms with Crippen LogP contribution in [-0.2, 0) is 17.6 Å². The normalized spacial score (nSPS) is 11.6. The summed E-state index contributed by atoms with van der Waals surface area (Å²) in [5.74, 6) is 0. The lowest BCUT2D eigenvalue weighted by Crippen LogP contribution is -2.05. The van der Waals surface area contributed by atoms with Gasteiger partial charge in [-0.05, 0) is 28.8 Å². The van der Waals surface area contributed by atoms with Gasteiger partial charge in [-0.25, -0.2) is 0 Å². The van der Waals surface area contributed by atoms with Crippen molar-refractivity contribution in [3.63, 3.8) is 0 Å². The molecule has 114 valence electrons. The summed E-state index contributed by atoms with van der Waals surface area (Å²) in [6, 6.07) is 12.4. The summed E-state index contributed by atoms with van der Waals surface area (Å²) in [6.07, 6.45) is -1.37. The van der Waals surface area contributed by atoms with Crippen molar-refractivity contribution in [2.75, 3.05) is 0 Å². The zero-order chi connectivity index (χ0) is 16.0. The van der Waals surface area contributed by atoms with Crippen molar-refractivity contribution in [1.82, 2.24) is 0 Å². The van der Waals surface area contributed by atoms with E-state index >= 15 is 0 Å². The first-order chi connectivity index (χ1) is 10.5. The van der Waals surface area contributed by atoms with Gasteiger partial charge >= 0.3 is 6.18 Å². The molecule has 5 heteroatoms. The molecule has 2 aromatic rings. The molecular formula is C17H14F3NO. The van der Waals surface area contributed by atoms with Crippen LogP contribution in [0.15, 0.2) is 60.3 Å². The van der Waals surface area contributed by atoms with Gasteiger partial charge in [0.25, 0.3) is 0 Å². The largest absolute Gasteiger partial charge is 0.416 e. The van der Waals surface area contributed by atoms with Gasteiger partial charge in [-0.15, -0.1) is 0 Å². The number of halogens is 3. The quantitative estimate of drug-likeness (QED) is 0.569. The molecule has 0 fully saturated rings. The van der Waals surface area contributed by atoms with Gasteiger partial charge in [-0.1, -0.05) is 54.2 Å². The molecule has 2 nitrogen and oxygen atoms in total. The Kier molecular flexibility index (Phi) is 4.99. The van der Waals surface area contributed by atoms with E-state index in [0.29, 0.717) is 5.56 Å². The van der Waals surface area contributed by atoms with Crippen LogP contribution in [0.1, 0.15) is 22.3 Å². The minimum absolute atomic E-state index is 0.243. The predicted octanol–water partition coefficient (Wildman–Crippen LogP) is 4.90. The Morgan fingerprint density at radius 1 is 1.05 bits per heavy atom. The number of benzene rings is 2. The molecule has 0 amide bonds. The monoisotopic (exact) mass is 305 g/mol. The summed E-state index contributed by atoms with van der Waals surface area (Å²) in [4.78, 5) is 5.08. The maximum atomic E-state index is 12.6. The fourth-order valence-corrected chi connectivity index (χ4v) is 1.76. The first-order valence-electron chi connectivity index (χ1n) is 6.53. The fraction of sp³-hybridized carbons (Fsp3) is 0.118. The summed E-state index contributed by atoms with van der Waals surface area (Å²) in [5.41, 5.74) is 1.52. The number of hydrogen-bond donors (Lipinski definition) is 0. The predicted molar refractivity (Wildman–Crippen MR) is 80.4 cm³/mol. The highest BCUT2D eigenvalue weighted by molar-refractivity contribution is 5.79. The molecule has 0 saturated carbocycles. The fourth-order valence-electron chi connectivity index (χ4n) is 1.76. The van der Waals surface area contributed by atoms with Crippen molar-refractivity contribution >= 4 is 12.3 Å². The van der Waals surface area contributed by atoms with E-state index in [9.17, 15) is 13.2 Å². The van der Waals surface area contributed by atoms with Crippen LogP contribution in [0, 0.1) is 0 Å². The SMILES string of the molecule is C=Cc1ccc(CON=Cc2cccc(C(F)(F)F)c2)cc1. The molecule has 0 spiro atoms. The molecule has 2 aromatic carbocycles. The summed E-state index contributed by atoms with van der Waals surface area (Å²) in [6.45, 7) is 3.90. The highest BCUT2D eigenvalue weighted by Crippen LogP contribution is 2.29. The van der Waals surface area contributed by atoms with Gasteiger partial charge in [0.15, 0.2) is 0 Å². The minimum atomic E-state index is -4.36. The molecule has 0 aromatic heterocycles. The number of rotatable bonds is 5. The molecule has 0 atom stereocenters. The smallest absolute Gasteiger partial charge is 0.391 e. The number of nitrogens with zero attached hydrogens (tertiary/aromatic N) is 1. The van der Waals surface area contributed by atoms with Gasteiger partial charge in [0.2, 0.25) is 0 Å². The molecule has 0 bridgehead atoms. The molecule has 2 rings (SSSR count). The maximum absolute atomic E-state index is 12.6. The molecule has 0 unspecified atom stereocenters. The second-order valence-corrected chi connectivity index (χ2v) is 4.58. The summed E-state index contributed by atoms with van der Waals surface area (Å²) >= 11 is 0. The summed E-state index contributed by atoms with van der Waals surface area (Å²) < 4.78 is 37.7. The first-order valence-corrected chi connectivity index (χ1v) is 6.53. The van der Waals surface area contributed by atoms with E-state index in [-0.39, 0.29) is 6.61 Å². The standard InChI is InChI=1S/C17H14F3NO/c1-2-13-6-8-14(9-7-13)12-22-21-11-15-4-3-5-16(10-15)17(18,19)20/h2-11H,1,12H2. The van der Waals surface area contributed by atoms with E-state index < -0.39 is 11.7 Å². The lowest BCUT2D eigenvalue weighted by Gasteiger charge is -2.06. The minimum Gasteiger partial charge on any atom is -0.391 e. The van der Waals surface area contributed by atoms with Gasteiger partial charge in [0.05, 0.1) is 11.8 Å². The lowest BCUT2D eigenvalue weighted by molar-refractivity contribution is -0.137. The van der Waals surface area contributed by atoms with Crippen LogP contribution in [0.5, 0.6) is 0 Å². The Labute approximate surface area is 126 Å². The average molecular weight is 305 g/mol. The van der Waals surface area contributed by atoms with Crippen molar-refractivity contribution in [3.05, 3.63) is 77.4 Å². The van der Waals surface area contributed by atoms with Crippen LogP contribution < -0.4 is 0 Å². The van der Waals surface area contributed by atoms with E-state index in [1.54, 1.807) is 6.08 Å². The summed E-state index contributed by atoms with van der Waals surface area (Å²) in [7, 11) is 0. The zero-order valence-electron chi connectivity index (χ0n) is 11.7. The van der Waals surface area contributed by atoms with E-state index in [1.807, 2.05) is 24.3 Å². The highest BCUT2D eigenvalue weighted by atomic mass is 19.4. The third-order valence-electron chi connectivity index (χ3n) is 2.94. The van der Waals surface area contributed by atoms with E-state index in [2.05, 4.69) is 11.7 Å². The molecule has 0 heterocycles. The topological polar surface area (TPSA) is 21.6 Å². The molecule has 0 radical (unpaired) electrons. The lowest BCUT2D eigenvalue weighted by atomic mass is 10.1. The molecular weight excluding hydrogens is 291 g/mol. The molecule has 0 aliphatic rings. The van der Waals surface area contributed by atoms with Gasteiger partial charge in [0.1, 0.15) is 6.61 Å². The van der Waals surface area contributed by atoms with Crippen LogP contribution in [0.4, 0.5) is 13.2 Å². The maximum Gasteiger partial charge on any atom is 0.416 e. The molecule has 0 N–H and O–H groups in total. The second kappa shape index (κ2) is 6.93. The van der Waals surface area contributed by atoms with Crippen molar-refractivity contribution < 1.29 is 18.0 Å². The van der Waals surface area contributed by atoms with Crippen LogP contribution >= 0.6 is 0 Å². The van der Waals surface area contributed by atoms with Gasteiger partial charge in [-0.2, -0.15) is 13.2 Å². The van der Waals surface area contributed by atoms with Crippen molar-refractivity contribution in [2.45, 2.75) is 12.8 Å². The van der Waals surface area contributed by atoms with Crippen LogP contribution in [0.25, 0.3) is 6.08 Å². The van der Waals surface area contributed by atoms with E-state index in [4.69, 9.17) is 4.84 Å². The van der Waals surface area contributed by atoms with Crippen molar-refractivity contribution in [1.29, 1.82) is 0 Å². The number of oxime groups is 1. The number of alkyl halides is 3. The zero-order valence-corrected chi connectivity index (χ0v) is 11.7. The average Bonchev–Trinajstić information content (AvgIpc) is 2.52. The molecule has 0 aliphatic heterocycles. The van der Waals surface area contributed by atoms with Crippen LogP contribution in [0.3, 0.4) is 0 Å². The highest BCUT2D eigenvalue weighted by Gasteiger charge is 2.30. The van der Waals surface area contributed by atoms with Crippen LogP contribution in [0.2, 0.25) is 0 Å². The Bertz CT molecular complexity index is 660. The van der Waals surface area contributed by atoms with Crippen molar-refractivity contribution in [3.8, 4) is 0 Å².